The summed E-state index contributed by atoms with van der Waals surface area (Å²) in [6.07, 6.45) is 2.15. The second-order valence-electron chi connectivity index (χ2n) is 6.53. The first-order valence-electron chi connectivity index (χ1n) is 8.72. The summed E-state index contributed by atoms with van der Waals surface area (Å²) in [5, 5.41) is 2.85. The van der Waals surface area contributed by atoms with E-state index in [1.165, 1.54) is 12.1 Å². The Morgan fingerprint density at radius 2 is 2.00 bits per heavy atom. The van der Waals surface area contributed by atoms with Crippen molar-refractivity contribution in [3.05, 3.63) is 29.8 Å². The summed E-state index contributed by atoms with van der Waals surface area (Å²) in [7, 11) is -3.56. The van der Waals surface area contributed by atoms with Gasteiger partial charge in [0.15, 0.2) is 0 Å². The number of amides is 1. The molecule has 0 radical (unpaired) electrons. The Bertz CT molecular complexity index is 698. The van der Waals surface area contributed by atoms with Crippen LogP contribution in [0.2, 0.25) is 0 Å². The number of nitrogens with zero attached hydrogens (tertiary/aromatic N) is 1. The number of nitrogens with one attached hydrogen (secondary N) is 2. The highest BCUT2D eigenvalue weighted by Crippen LogP contribution is 2.28. The Labute approximate surface area is 148 Å². The Kier molecular flexibility index (Phi) is 6.06. The van der Waals surface area contributed by atoms with Crippen molar-refractivity contribution in [3.8, 4) is 0 Å². The lowest BCUT2D eigenvalue weighted by Gasteiger charge is -2.26. The van der Waals surface area contributed by atoms with Crippen LogP contribution in [0.3, 0.4) is 0 Å². The smallest absolute Gasteiger partial charge is 0.251 e. The molecule has 1 aliphatic carbocycles. The average molecular weight is 367 g/mol. The number of hydrogen-bond acceptors (Lipinski definition) is 5. The predicted octanol–water partition coefficient (Wildman–Crippen LogP) is 0.437. The molecule has 2 N–H and O–H groups in total. The fourth-order valence-electron chi connectivity index (χ4n) is 2.69. The van der Waals surface area contributed by atoms with Crippen LogP contribution >= 0.6 is 0 Å². The molecule has 0 spiro atoms. The summed E-state index contributed by atoms with van der Waals surface area (Å²) in [5.74, 6) is 0.203. The maximum absolute atomic E-state index is 12.3. The Hall–Kier alpha value is -1.48. The first-order chi connectivity index (χ1) is 12.0. The van der Waals surface area contributed by atoms with Gasteiger partial charge in [0.05, 0.1) is 18.1 Å². The summed E-state index contributed by atoms with van der Waals surface area (Å²) in [6, 6.07) is 6.17. The van der Waals surface area contributed by atoms with Crippen molar-refractivity contribution in [3.63, 3.8) is 0 Å². The molecule has 0 bridgehead atoms. The molecule has 2 aliphatic rings. The van der Waals surface area contributed by atoms with Gasteiger partial charge in [0.25, 0.3) is 5.91 Å². The lowest BCUT2D eigenvalue weighted by molar-refractivity contribution is 0.0383. The van der Waals surface area contributed by atoms with E-state index >= 15 is 0 Å². The molecule has 2 fully saturated rings. The van der Waals surface area contributed by atoms with Crippen LogP contribution < -0.4 is 10.0 Å². The molecule has 3 rings (SSSR count). The van der Waals surface area contributed by atoms with Crippen LogP contribution in [-0.2, 0) is 14.8 Å². The zero-order valence-corrected chi connectivity index (χ0v) is 15.1. The van der Waals surface area contributed by atoms with Crippen LogP contribution in [0.15, 0.2) is 29.2 Å². The van der Waals surface area contributed by atoms with Gasteiger partial charge in [-0.3, -0.25) is 9.69 Å². The topological polar surface area (TPSA) is 87.7 Å². The summed E-state index contributed by atoms with van der Waals surface area (Å²) in [6.45, 7) is 4.94. The van der Waals surface area contributed by atoms with Crippen LogP contribution in [0.5, 0.6) is 0 Å². The van der Waals surface area contributed by atoms with Crippen LogP contribution in [0.1, 0.15) is 23.2 Å². The average Bonchev–Trinajstić information content (AvgIpc) is 3.45. The molecule has 138 valence electrons. The van der Waals surface area contributed by atoms with Gasteiger partial charge in [-0.15, -0.1) is 0 Å². The van der Waals surface area contributed by atoms with Gasteiger partial charge in [-0.2, -0.15) is 0 Å². The number of carbonyl (C=O) groups is 1. The summed E-state index contributed by atoms with van der Waals surface area (Å²) < 4.78 is 32.5. The molecule has 1 aromatic rings. The second kappa shape index (κ2) is 8.27. The third-order valence-corrected chi connectivity index (χ3v) is 5.90. The van der Waals surface area contributed by atoms with E-state index in [1.54, 1.807) is 12.1 Å². The zero-order chi connectivity index (χ0) is 17.7. The maximum atomic E-state index is 12.3. The summed E-state index contributed by atoms with van der Waals surface area (Å²) in [5.41, 5.74) is 0.358. The molecule has 0 aromatic heterocycles. The quantitative estimate of drug-likeness (QED) is 0.696. The van der Waals surface area contributed by atoms with Crippen LogP contribution in [0.4, 0.5) is 0 Å². The number of hydrogen-bond donors (Lipinski definition) is 2. The maximum Gasteiger partial charge on any atom is 0.251 e. The van der Waals surface area contributed by atoms with Gasteiger partial charge in [0, 0.05) is 38.3 Å². The van der Waals surface area contributed by atoms with Gasteiger partial charge in [-0.1, -0.05) is 6.07 Å². The van der Waals surface area contributed by atoms with Gasteiger partial charge in [-0.25, -0.2) is 13.1 Å². The molecule has 0 unspecified atom stereocenters. The summed E-state index contributed by atoms with van der Waals surface area (Å²) in [4.78, 5) is 14.6. The van der Waals surface area contributed by atoms with Crippen LogP contribution in [-0.4, -0.2) is 65.2 Å². The molecule has 25 heavy (non-hydrogen) atoms. The zero-order valence-electron chi connectivity index (χ0n) is 14.2. The SMILES string of the molecule is O=C(NCCN1CCOCC1)c1cccc(S(=O)(=O)NCC2CC2)c1. The molecule has 1 saturated carbocycles. The highest BCUT2D eigenvalue weighted by Gasteiger charge is 2.24. The first kappa shape index (κ1) is 18.3. The molecule has 1 amide bonds. The number of ether oxygens (including phenoxy) is 1. The van der Waals surface area contributed by atoms with E-state index in [2.05, 4.69) is 14.9 Å². The minimum atomic E-state index is -3.56. The number of carbonyl (C=O) groups excluding carboxylic acids is 1. The number of rotatable bonds is 8. The van der Waals surface area contributed by atoms with Crippen molar-refractivity contribution in [2.45, 2.75) is 17.7 Å². The molecular formula is C17H25N3O4S. The number of morpholine rings is 1. The molecule has 8 heteroatoms. The number of benzene rings is 1. The Morgan fingerprint density at radius 3 is 2.72 bits per heavy atom. The van der Waals surface area contributed by atoms with Crippen molar-refractivity contribution in [2.24, 2.45) is 5.92 Å². The van der Waals surface area contributed by atoms with Crippen LogP contribution in [0.25, 0.3) is 0 Å². The minimum Gasteiger partial charge on any atom is -0.379 e. The summed E-state index contributed by atoms with van der Waals surface area (Å²) >= 11 is 0. The molecule has 1 heterocycles. The molecular weight excluding hydrogens is 342 g/mol. The van der Waals surface area contributed by atoms with Crippen molar-refractivity contribution >= 4 is 15.9 Å². The van der Waals surface area contributed by atoms with E-state index in [0.717, 1.165) is 45.7 Å². The Morgan fingerprint density at radius 1 is 1.24 bits per heavy atom. The second-order valence-corrected chi connectivity index (χ2v) is 8.30. The highest BCUT2D eigenvalue weighted by atomic mass is 32.2. The van der Waals surface area contributed by atoms with Gasteiger partial charge in [0.2, 0.25) is 10.0 Å². The highest BCUT2D eigenvalue weighted by molar-refractivity contribution is 7.89. The minimum absolute atomic E-state index is 0.133. The molecule has 1 aliphatic heterocycles. The third-order valence-electron chi connectivity index (χ3n) is 4.48. The van der Waals surface area contributed by atoms with E-state index in [-0.39, 0.29) is 10.8 Å². The van der Waals surface area contributed by atoms with Gasteiger partial charge in [-0.05, 0) is 37.0 Å². The number of sulfonamides is 1. The van der Waals surface area contributed by atoms with Gasteiger partial charge < -0.3 is 10.1 Å². The van der Waals surface area contributed by atoms with E-state index in [4.69, 9.17) is 4.74 Å². The van der Waals surface area contributed by atoms with Crippen molar-refractivity contribution in [1.82, 2.24) is 14.9 Å². The van der Waals surface area contributed by atoms with Crippen LogP contribution in [0, 0.1) is 5.92 Å². The standard InChI is InChI=1S/C17H25N3O4S/c21-17(18-6-7-20-8-10-24-11-9-20)15-2-1-3-16(12-15)25(22,23)19-13-14-4-5-14/h1-3,12,14,19H,4-11,13H2,(H,18,21). The fourth-order valence-corrected chi connectivity index (χ4v) is 3.85. The van der Waals surface area contributed by atoms with E-state index in [0.29, 0.717) is 24.6 Å². The first-order valence-corrected chi connectivity index (χ1v) is 10.2. The predicted molar refractivity (Wildman–Crippen MR) is 93.9 cm³/mol. The molecule has 0 atom stereocenters. The van der Waals surface area contributed by atoms with Crippen molar-refractivity contribution < 1.29 is 17.9 Å². The molecule has 1 saturated heterocycles. The lowest BCUT2D eigenvalue weighted by Crippen LogP contribution is -2.41. The Balaban J connectivity index is 1.53. The molecule has 7 nitrogen and oxygen atoms in total. The van der Waals surface area contributed by atoms with Gasteiger partial charge >= 0.3 is 0 Å². The fraction of sp³-hybridized carbons (Fsp3) is 0.588. The molecule has 1 aromatic carbocycles. The normalized spacial score (nSPS) is 18.9. The van der Waals surface area contributed by atoms with Crippen molar-refractivity contribution in [2.75, 3.05) is 45.9 Å². The van der Waals surface area contributed by atoms with Crippen molar-refractivity contribution in [1.29, 1.82) is 0 Å². The largest absolute Gasteiger partial charge is 0.379 e. The monoisotopic (exact) mass is 367 g/mol. The van der Waals surface area contributed by atoms with E-state index < -0.39 is 10.0 Å². The van der Waals surface area contributed by atoms with Gasteiger partial charge in [0.1, 0.15) is 0 Å². The van der Waals surface area contributed by atoms with E-state index in [9.17, 15) is 13.2 Å². The lowest BCUT2D eigenvalue weighted by atomic mass is 10.2. The van der Waals surface area contributed by atoms with E-state index in [1.807, 2.05) is 0 Å². The third kappa shape index (κ3) is 5.50.